The number of fused-ring (bicyclic) bond motifs is 1. The highest BCUT2D eigenvalue weighted by atomic mass is 32.2. The summed E-state index contributed by atoms with van der Waals surface area (Å²) in [6, 6.07) is 19.8. The van der Waals surface area contributed by atoms with Crippen LogP contribution >= 0.6 is 11.8 Å². The molecule has 0 atom stereocenters. The van der Waals surface area contributed by atoms with E-state index in [1.54, 1.807) is 24.2 Å². The zero-order valence-corrected chi connectivity index (χ0v) is 17.6. The van der Waals surface area contributed by atoms with Gasteiger partial charge in [-0.15, -0.1) is 5.10 Å². The second kappa shape index (κ2) is 8.23. The monoisotopic (exact) mass is 429 g/mol. The lowest BCUT2D eigenvalue weighted by Crippen LogP contribution is -2.22. The fourth-order valence-corrected chi connectivity index (χ4v) is 4.18. The Hall–Kier alpha value is -3.65. The Morgan fingerprint density at radius 1 is 1.03 bits per heavy atom. The topological polar surface area (TPSA) is 78.2 Å². The van der Waals surface area contributed by atoms with Crippen LogP contribution in [0.1, 0.15) is 17.0 Å². The molecule has 5 rings (SSSR count). The highest BCUT2D eigenvalue weighted by Gasteiger charge is 2.17. The number of nitrogens with zero attached hydrogens (tertiary/aromatic N) is 5. The quantitative estimate of drug-likeness (QED) is 0.377. The van der Waals surface area contributed by atoms with E-state index in [0.29, 0.717) is 28.0 Å². The van der Waals surface area contributed by atoms with Crippen molar-refractivity contribution < 1.29 is 4.42 Å². The average Bonchev–Trinajstić information content (AvgIpc) is 3.34. The summed E-state index contributed by atoms with van der Waals surface area (Å²) in [4.78, 5) is 21.9. The van der Waals surface area contributed by atoms with E-state index in [9.17, 15) is 4.79 Å². The first-order valence-electron chi connectivity index (χ1n) is 9.81. The van der Waals surface area contributed by atoms with Crippen molar-refractivity contribution in [3.8, 4) is 11.5 Å². The minimum atomic E-state index is -0.234. The summed E-state index contributed by atoms with van der Waals surface area (Å²) in [5, 5.41) is 5.26. The number of benzene rings is 2. The van der Waals surface area contributed by atoms with Crippen molar-refractivity contribution in [3.63, 3.8) is 0 Å². The molecule has 31 heavy (non-hydrogen) atoms. The Bertz CT molecular complexity index is 1390. The molecule has 0 N–H and O–H groups in total. The van der Waals surface area contributed by atoms with Gasteiger partial charge >= 0.3 is 5.69 Å². The Labute approximate surface area is 182 Å². The van der Waals surface area contributed by atoms with E-state index in [2.05, 4.69) is 27.2 Å². The van der Waals surface area contributed by atoms with Crippen LogP contribution in [0.25, 0.3) is 17.1 Å². The Kier molecular flexibility index (Phi) is 5.13. The first kappa shape index (κ1) is 19.3. The van der Waals surface area contributed by atoms with Crippen molar-refractivity contribution in [1.29, 1.82) is 0 Å². The second-order valence-electron chi connectivity index (χ2n) is 7.03. The van der Waals surface area contributed by atoms with Gasteiger partial charge in [0.15, 0.2) is 5.65 Å². The summed E-state index contributed by atoms with van der Waals surface area (Å²) >= 11 is 1.56. The average molecular weight is 430 g/mol. The number of hydrogen-bond donors (Lipinski definition) is 0. The van der Waals surface area contributed by atoms with Gasteiger partial charge in [0, 0.05) is 23.7 Å². The highest BCUT2D eigenvalue weighted by molar-refractivity contribution is 7.98. The van der Waals surface area contributed by atoms with Crippen molar-refractivity contribution >= 4 is 17.4 Å². The molecule has 3 heterocycles. The van der Waals surface area contributed by atoms with Crippen LogP contribution in [-0.4, -0.2) is 24.1 Å². The summed E-state index contributed by atoms with van der Waals surface area (Å²) in [6.07, 6.45) is 3.27. The van der Waals surface area contributed by atoms with Crippen molar-refractivity contribution in [3.05, 3.63) is 101 Å². The van der Waals surface area contributed by atoms with E-state index in [-0.39, 0.29) is 12.2 Å². The van der Waals surface area contributed by atoms with E-state index >= 15 is 0 Å². The fourth-order valence-electron chi connectivity index (χ4n) is 3.28. The summed E-state index contributed by atoms with van der Waals surface area (Å²) < 4.78 is 8.75. The van der Waals surface area contributed by atoms with Crippen LogP contribution in [0.5, 0.6) is 0 Å². The van der Waals surface area contributed by atoms with Crippen LogP contribution < -0.4 is 5.69 Å². The van der Waals surface area contributed by atoms with Gasteiger partial charge in [-0.05, 0) is 24.6 Å². The van der Waals surface area contributed by atoms with Gasteiger partial charge in [-0.2, -0.15) is 0 Å². The van der Waals surface area contributed by atoms with E-state index in [4.69, 9.17) is 4.42 Å². The highest BCUT2D eigenvalue weighted by Crippen LogP contribution is 2.24. The van der Waals surface area contributed by atoms with Crippen molar-refractivity contribution in [1.82, 2.24) is 24.1 Å². The van der Waals surface area contributed by atoms with Gasteiger partial charge in [-0.1, -0.05) is 60.3 Å². The lowest BCUT2D eigenvalue weighted by atomic mass is 10.2. The Morgan fingerprint density at radius 2 is 1.77 bits per heavy atom. The molecule has 0 aliphatic carbocycles. The lowest BCUT2D eigenvalue weighted by molar-refractivity contribution is 0.535. The predicted octanol–water partition coefficient (Wildman–Crippen LogP) is 4.20. The van der Waals surface area contributed by atoms with Crippen LogP contribution in [0, 0.1) is 6.92 Å². The maximum absolute atomic E-state index is 12.9. The number of aromatic nitrogens is 5. The number of rotatable bonds is 6. The molecule has 3 aromatic heterocycles. The zero-order valence-electron chi connectivity index (χ0n) is 16.8. The van der Waals surface area contributed by atoms with Crippen molar-refractivity contribution in [2.45, 2.75) is 24.2 Å². The molecule has 0 amide bonds. The van der Waals surface area contributed by atoms with E-state index < -0.39 is 0 Å². The number of hydrogen-bond acceptors (Lipinski definition) is 6. The van der Waals surface area contributed by atoms with E-state index in [0.717, 1.165) is 11.3 Å². The molecule has 0 fully saturated rings. The van der Waals surface area contributed by atoms with Crippen LogP contribution in [0.4, 0.5) is 0 Å². The molecule has 8 heteroatoms. The van der Waals surface area contributed by atoms with E-state index in [1.807, 2.05) is 55.5 Å². The molecule has 0 aliphatic rings. The Morgan fingerprint density at radius 3 is 2.55 bits per heavy atom. The maximum atomic E-state index is 12.9. The predicted molar refractivity (Wildman–Crippen MR) is 119 cm³/mol. The molecule has 154 valence electrons. The molecule has 2 aromatic carbocycles. The van der Waals surface area contributed by atoms with Crippen LogP contribution in [0.2, 0.25) is 0 Å². The SMILES string of the molecule is Cc1oc(-c2ccccc2)nc1Cn1nc2c(SCc3ccccc3)nccn2c1=O. The summed E-state index contributed by atoms with van der Waals surface area (Å²) in [7, 11) is 0. The third kappa shape index (κ3) is 3.89. The smallest absolute Gasteiger partial charge is 0.350 e. The molecule has 7 nitrogen and oxygen atoms in total. The zero-order chi connectivity index (χ0) is 21.2. The number of aryl methyl sites for hydroxylation is 1. The van der Waals surface area contributed by atoms with Gasteiger partial charge in [-0.3, -0.25) is 0 Å². The van der Waals surface area contributed by atoms with Crippen molar-refractivity contribution in [2.24, 2.45) is 0 Å². The maximum Gasteiger partial charge on any atom is 0.350 e. The molecule has 0 radical (unpaired) electrons. The summed E-state index contributed by atoms with van der Waals surface area (Å²) in [5.74, 6) is 1.95. The van der Waals surface area contributed by atoms with Gasteiger partial charge in [0.25, 0.3) is 0 Å². The molecular formula is C23H19N5O2S. The minimum absolute atomic E-state index is 0.228. The minimum Gasteiger partial charge on any atom is -0.441 e. The summed E-state index contributed by atoms with van der Waals surface area (Å²) in [6.45, 7) is 2.07. The van der Waals surface area contributed by atoms with Crippen LogP contribution in [0.3, 0.4) is 0 Å². The molecule has 0 spiro atoms. The van der Waals surface area contributed by atoms with Gasteiger partial charge in [-0.25, -0.2) is 23.8 Å². The first-order chi connectivity index (χ1) is 15.2. The van der Waals surface area contributed by atoms with Crippen LogP contribution in [0.15, 0.2) is 87.3 Å². The number of oxazole rings is 1. The van der Waals surface area contributed by atoms with Crippen molar-refractivity contribution in [2.75, 3.05) is 0 Å². The molecule has 0 unspecified atom stereocenters. The van der Waals surface area contributed by atoms with Gasteiger partial charge in [0.1, 0.15) is 16.5 Å². The standard InChI is InChI=1S/C23H19N5O2S/c1-16-19(25-21(30-16)18-10-6-3-7-11-18)14-28-23(29)27-13-12-24-22(20(27)26-28)31-15-17-8-4-2-5-9-17/h2-13H,14-15H2,1H3. The van der Waals surface area contributed by atoms with E-state index in [1.165, 1.54) is 14.6 Å². The first-order valence-corrected chi connectivity index (χ1v) is 10.8. The third-order valence-corrected chi connectivity index (χ3v) is 5.94. The summed E-state index contributed by atoms with van der Waals surface area (Å²) in [5.41, 5.74) is 3.06. The molecule has 0 saturated carbocycles. The van der Waals surface area contributed by atoms with Gasteiger partial charge < -0.3 is 4.42 Å². The van der Waals surface area contributed by atoms with Crippen LogP contribution in [-0.2, 0) is 12.3 Å². The molecule has 0 aliphatic heterocycles. The number of thioether (sulfide) groups is 1. The molecular weight excluding hydrogens is 410 g/mol. The van der Waals surface area contributed by atoms with Gasteiger partial charge in [0.05, 0.1) is 6.54 Å². The normalized spacial score (nSPS) is 11.3. The Balaban J connectivity index is 1.44. The molecule has 0 bridgehead atoms. The molecule has 0 saturated heterocycles. The second-order valence-corrected chi connectivity index (χ2v) is 7.99. The largest absolute Gasteiger partial charge is 0.441 e. The fraction of sp³-hybridized carbons (Fsp3) is 0.130. The lowest BCUT2D eigenvalue weighted by Gasteiger charge is -2.01. The third-order valence-electron chi connectivity index (χ3n) is 4.90. The van der Waals surface area contributed by atoms with Gasteiger partial charge in [0.2, 0.25) is 5.89 Å². The molecule has 5 aromatic rings.